The topological polar surface area (TPSA) is 87.2 Å². The lowest BCUT2D eigenvalue weighted by Gasteiger charge is -2.29. The third kappa shape index (κ3) is 4.62. The van der Waals surface area contributed by atoms with Gasteiger partial charge >= 0.3 is 0 Å². The third-order valence-electron chi connectivity index (χ3n) is 5.22. The lowest BCUT2D eigenvalue weighted by Crippen LogP contribution is -2.38. The summed E-state index contributed by atoms with van der Waals surface area (Å²) in [7, 11) is 0. The molecule has 34 heavy (non-hydrogen) atoms. The second kappa shape index (κ2) is 9.36. The van der Waals surface area contributed by atoms with Crippen LogP contribution in [-0.2, 0) is 4.79 Å². The maximum absolute atomic E-state index is 11.2. The number of hydrogen-bond donors (Lipinski definition) is 3. The highest BCUT2D eigenvalue weighted by Crippen LogP contribution is 2.43. The molecule has 0 radical (unpaired) electrons. The SMILES string of the molecule is CC(=O)Nc1ccc(Nc2ccc(C3=NC=CCN3Nc3c(Cl)ccc4c3OCO4)cc2)cc1. The molecule has 0 atom stereocenters. The summed E-state index contributed by atoms with van der Waals surface area (Å²) in [5, 5.41) is 8.56. The van der Waals surface area contributed by atoms with Gasteiger partial charge in [0.25, 0.3) is 0 Å². The Hall–Kier alpha value is -4.17. The van der Waals surface area contributed by atoms with Crippen LogP contribution in [0.3, 0.4) is 0 Å². The summed E-state index contributed by atoms with van der Waals surface area (Å²) in [5.41, 5.74) is 7.51. The van der Waals surface area contributed by atoms with Crippen molar-refractivity contribution in [3.05, 3.63) is 83.5 Å². The van der Waals surface area contributed by atoms with Gasteiger partial charge < -0.3 is 20.1 Å². The number of hydrogen-bond acceptors (Lipinski definition) is 7. The van der Waals surface area contributed by atoms with Gasteiger partial charge in [-0.1, -0.05) is 11.6 Å². The zero-order valence-electron chi connectivity index (χ0n) is 18.3. The maximum atomic E-state index is 11.2. The van der Waals surface area contributed by atoms with Crippen LogP contribution in [0.4, 0.5) is 22.7 Å². The first kappa shape index (κ1) is 21.7. The molecule has 0 fully saturated rings. The summed E-state index contributed by atoms with van der Waals surface area (Å²) >= 11 is 6.44. The number of amides is 1. The van der Waals surface area contributed by atoms with Crippen LogP contribution in [0.25, 0.3) is 0 Å². The minimum atomic E-state index is -0.0971. The summed E-state index contributed by atoms with van der Waals surface area (Å²) in [4.78, 5) is 15.8. The number of nitrogens with zero attached hydrogens (tertiary/aromatic N) is 2. The van der Waals surface area contributed by atoms with E-state index in [9.17, 15) is 4.79 Å². The average Bonchev–Trinajstić information content (AvgIpc) is 3.32. The van der Waals surface area contributed by atoms with Gasteiger partial charge in [-0.2, -0.15) is 0 Å². The number of aliphatic imine (C=N–C) groups is 1. The summed E-state index contributed by atoms with van der Waals surface area (Å²) in [6.45, 7) is 2.25. The molecule has 3 aromatic rings. The van der Waals surface area contributed by atoms with Gasteiger partial charge in [-0.25, -0.2) is 4.99 Å². The largest absolute Gasteiger partial charge is 0.454 e. The highest BCUT2D eigenvalue weighted by atomic mass is 35.5. The van der Waals surface area contributed by atoms with Crippen molar-refractivity contribution in [2.24, 2.45) is 4.99 Å². The average molecular weight is 476 g/mol. The normalized spacial score (nSPS) is 13.9. The smallest absolute Gasteiger partial charge is 0.231 e. The molecule has 8 nitrogen and oxygen atoms in total. The Bertz CT molecular complexity index is 1270. The Labute approximate surface area is 201 Å². The van der Waals surface area contributed by atoms with Gasteiger partial charge in [-0.05, 0) is 66.7 Å². The third-order valence-corrected chi connectivity index (χ3v) is 5.53. The number of anilines is 4. The number of hydrazine groups is 1. The fourth-order valence-electron chi connectivity index (χ4n) is 3.66. The lowest BCUT2D eigenvalue weighted by molar-refractivity contribution is -0.114. The highest BCUT2D eigenvalue weighted by molar-refractivity contribution is 6.33. The predicted octanol–water partition coefficient (Wildman–Crippen LogP) is 5.37. The molecule has 2 aliphatic heterocycles. The fourth-order valence-corrected chi connectivity index (χ4v) is 3.85. The molecule has 0 spiro atoms. The summed E-state index contributed by atoms with van der Waals surface area (Å²) < 4.78 is 11.1. The molecule has 5 rings (SSSR count). The van der Waals surface area contributed by atoms with E-state index in [2.05, 4.69) is 21.1 Å². The van der Waals surface area contributed by atoms with Crippen LogP contribution in [0, 0.1) is 0 Å². The Kier molecular flexibility index (Phi) is 5.97. The molecular weight excluding hydrogens is 454 g/mol. The van der Waals surface area contributed by atoms with Crippen LogP contribution in [0.15, 0.2) is 77.9 Å². The molecule has 9 heteroatoms. The van der Waals surface area contributed by atoms with E-state index < -0.39 is 0 Å². The molecule has 2 aliphatic rings. The van der Waals surface area contributed by atoms with Crippen LogP contribution in [0.1, 0.15) is 12.5 Å². The van der Waals surface area contributed by atoms with Gasteiger partial charge in [0.1, 0.15) is 5.69 Å². The molecular formula is C25H22ClN5O3. The molecule has 3 N–H and O–H groups in total. The van der Waals surface area contributed by atoms with E-state index in [-0.39, 0.29) is 12.7 Å². The van der Waals surface area contributed by atoms with E-state index in [1.165, 1.54) is 6.92 Å². The Balaban J connectivity index is 1.31. The van der Waals surface area contributed by atoms with Crippen LogP contribution in [0.5, 0.6) is 11.5 Å². The van der Waals surface area contributed by atoms with Crippen molar-refractivity contribution in [3.63, 3.8) is 0 Å². The number of rotatable bonds is 6. The number of fused-ring (bicyclic) bond motifs is 1. The Morgan fingerprint density at radius 2 is 1.68 bits per heavy atom. The number of ether oxygens (including phenoxy) is 2. The molecule has 1 amide bonds. The van der Waals surface area contributed by atoms with Crippen LogP contribution in [0.2, 0.25) is 5.02 Å². The van der Waals surface area contributed by atoms with Gasteiger partial charge in [0.15, 0.2) is 17.3 Å². The van der Waals surface area contributed by atoms with E-state index in [0.29, 0.717) is 28.8 Å². The maximum Gasteiger partial charge on any atom is 0.231 e. The standard InChI is InChI=1S/C25H22ClN5O3/c1-16(32)28-18-7-9-20(10-8-18)29-19-5-3-17(4-6-19)25-27-13-2-14-31(25)30-23-21(26)11-12-22-24(23)34-15-33-22/h2-13,29-30H,14-15H2,1H3,(H,28,32). The zero-order chi connectivity index (χ0) is 23.5. The van der Waals surface area contributed by atoms with Gasteiger partial charge in [0.05, 0.1) is 11.6 Å². The molecule has 0 aliphatic carbocycles. The van der Waals surface area contributed by atoms with Crippen LogP contribution in [-0.4, -0.2) is 30.1 Å². The quantitative estimate of drug-likeness (QED) is 0.444. The van der Waals surface area contributed by atoms with E-state index >= 15 is 0 Å². The molecule has 3 aromatic carbocycles. The minimum Gasteiger partial charge on any atom is -0.454 e. The van der Waals surface area contributed by atoms with Gasteiger partial charge in [0.2, 0.25) is 12.7 Å². The number of benzene rings is 3. The highest BCUT2D eigenvalue weighted by Gasteiger charge is 2.24. The fraction of sp³-hybridized carbons (Fsp3) is 0.120. The van der Waals surface area contributed by atoms with Crippen LogP contribution < -0.4 is 25.5 Å². The first-order chi connectivity index (χ1) is 16.6. The van der Waals surface area contributed by atoms with Crippen molar-refractivity contribution in [1.82, 2.24) is 5.01 Å². The first-order valence-electron chi connectivity index (χ1n) is 10.7. The van der Waals surface area contributed by atoms with E-state index in [1.54, 1.807) is 18.3 Å². The minimum absolute atomic E-state index is 0.0971. The van der Waals surface area contributed by atoms with Crippen molar-refractivity contribution in [3.8, 4) is 11.5 Å². The van der Waals surface area contributed by atoms with Gasteiger partial charge in [-0.15, -0.1) is 0 Å². The molecule has 2 heterocycles. The van der Waals surface area contributed by atoms with E-state index in [0.717, 1.165) is 28.5 Å². The van der Waals surface area contributed by atoms with Crippen molar-refractivity contribution < 1.29 is 14.3 Å². The molecule has 0 aromatic heterocycles. The molecule has 0 unspecified atom stereocenters. The Morgan fingerprint density at radius 1 is 0.971 bits per heavy atom. The number of carbonyl (C=O) groups is 1. The first-order valence-corrected chi connectivity index (χ1v) is 11.0. The van der Waals surface area contributed by atoms with Crippen molar-refractivity contribution in [2.45, 2.75) is 6.92 Å². The number of carbonyl (C=O) groups excluding carboxylic acids is 1. The monoisotopic (exact) mass is 475 g/mol. The molecule has 0 bridgehead atoms. The zero-order valence-corrected chi connectivity index (χ0v) is 19.1. The van der Waals surface area contributed by atoms with Gasteiger partial charge in [0, 0.05) is 35.7 Å². The summed E-state index contributed by atoms with van der Waals surface area (Å²) in [5.74, 6) is 1.89. The second-order valence-corrected chi connectivity index (χ2v) is 8.08. The lowest BCUT2D eigenvalue weighted by atomic mass is 10.1. The molecule has 172 valence electrons. The van der Waals surface area contributed by atoms with E-state index in [1.807, 2.05) is 59.6 Å². The number of nitrogens with one attached hydrogen (secondary N) is 3. The summed E-state index contributed by atoms with van der Waals surface area (Å²) in [6, 6.07) is 19.1. The summed E-state index contributed by atoms with van der Waals surface area (Å²) in [6.07, 6.45) is 3.73. The molecule has 0 saturated heterocycles. The van der Waals surface area contributed by atoms with Crippen molar-refractivity contribution in [1.29, 1.82) is 0 Å². The Morgan fingerprint density at radius 3 is 2.41 bits per heavy atom. The van der Waals surface area contributed by atoms with Crippen LogP contribution >= 0.6 is 11.6 Å². The van der Waals surface area contributed by atoms with Crippen molar-refractivity contribution >= 4 is 46.1 Å². The predicted molar refractivity (Wildman–Crippen MR) is 134 cm³/mol. The number of amidine groups is 1. The van der Waals surface area contributed by atoms with E-state index in [4.69, 9.17) is 21.1 Å². The number of halogens is 1. The van der Waals surface area contributed by atoms with Crippen molar-refractivity contribution in [2.75, 3.05) is 29.4 Å². The second-order valence-electron chi connectivity index (χ2n) is 7.68. The van der Waals surface area contributed by atoms with Gasteiger partial charge in [-0.3, -0.25) is 15.2 Å². The molecule has 0 saturated carbocycles.